The monoisotopic (exact) mass is 540 g/mol. The average Bonchev–Trinajstić information content (AvgIpc) is 3.01. The Balaban J connectivity index is 1.83. The molecule has 1 saturated heterocycles. The van der Waals surface area contributed by atoms with Crippen LogP contribution in [0.5, 0.6) is 0 Å². The molecule has 2 atom stereocenters. The summed E-state index contributed by atoms with van der Waals surface area (Å²) in [7, 11) is -4.00. The van der Waals surface area contributed by atoms with Crippen LogP contribution in [0.15, 0.2) is 74.7 Å². The summed E-state index contributed by atoms with van der Waals surface area (Å²) in [6, 6.07) is 15.4. The van der Waals surface area contributed by atoms with Gasteiger partial charge in [0.1, 0.15) is 0 Å². The van der Waals surface area contributed by atoms with Gasteiger partial charge in [-0.3, -0.25) is 0 Å². The third kappa shape index (κ3) is 3.56. The van der Waals surface area contributed by atoms with E-state index in [9.17, 15) is 18.0 Å². The van der Waals surface area contributed by atoms with Gasteiger partial charge in [0.05, 0.1) is 15.3 Å². The minimum absolute atomic E-state index is 0.143. The number of nitrogens with zero attached hydrogens (tertiary/aromatic N) is 4. The molecular weight excluding hydrogens is 508 g/mol. The molecule has 1 aromatic heterocycles. The molecular formula is C27H32N4O4S2. The Morgan fingerprint density at radius 1 is 0.865 bits per heavy atom. The zero-order chi connectivity index (χ0) is 27.1. The van der Waals surface area contributed by atoms with E-state index in [2.05, 4.69) is 20.8 Å². The lowest BCUT2D eigenvalue weighted by molar-refractivity contribution is 0.0990. The van der Waals surface area contributed by atoms with Crippen molar-refractivity contribution in [2.75, 3.05) is 0 Å². The predicted molar refractivity (Wildman–Crippen MR) is 147 cm³/mol. The van der Waals surface area contributed by atoms with E-state index in [0.717, 1.165) is 15.7 Å². The second-order valence-corrected chi connectivity index (χ2v) is 15.0. The maximum atomic E-state index is 14.0. The fourth-order valence-electron chi connectivity index (χ4n) is 5.29. The highest BCUT2D eigenvalue weighted by Gasteiger charge is 2.70. The average molecular weight is 541 g/mol. The van der Waals surface area contributed by atoms with Crippen molar-refractivity contribution in [3.05, 3.63) is 86.7 Å². The molecule has 37 heavy (non-hydrogen) atoms. The van der Waals surface area contributed by atoms with Crippen molar-refractivity contribution in [3.8, 4) is 5.69 Å². The molecule has 8 nitrogen and oxygen atoms in total. The lowest BCUT2D eigenvalue weighted by Crippen LogP contribution is -2.69. The number of rotatable bonds is 3. The molecule has 5 rings (SSSR count). The summed E-state index contributed by atoms with van der Waals surface area (Å²) < 4.78 is 32.2. The molecule has 0 spiro atoms. The van der Waals surface area contributed by atoms with Crippen molar-refractivity contribution in [3.63, 3.8) is 0 Å². The molecule has 0 unspecified atom stereocenters. The molecule has 2 aliphatic heterocycles. The summed E-state index contributed by atoms with van der Waals surface area (Å²) in [6.45, 7) is 14.2. The van der Waals surface area contributed by atoms with Gasteiger partial charge in [-0.05, 0) is 59.5 Å². The first kappa shape index (κ1) is 25.8. The van der Waals surface area contributed by atoms with Crippen molar-refractivity contribution in [2.45, 2.75) is 64.3 Å². The number of aromatic nitrogens is 3. The van der Waals surface area contributed by atoms with Gasteiger partial charge in [-0.25, -0.2) is 31.9 Å². The zero-order valence-corrected chi connectivity index (χ0v) is 23.7. The maximum Gasteiger partial charge on any atom is 0.356 e. The number of sulfonamides is 1. The number of hydrogen-bond donors (Lipinski definition) is 0. The van der Waals surface area contributed by atoms with Crippen LogP contribution in [0.3, 0.4) is 0 Å². The first-order valence-corrected chi connectivity index (χ1v) is 14.4. The minimum Gasteiger partial charge on any atom is -0.245 e. The Kier molecular flexibility index (Phi) is 5.64. The second-order valence-electron chi connectivity index (χ2n) is 11.7. The van der Waals surface area contributed by atoms with E-state index in [1.165, 1.54) is 25.0 Å². The van der Waals surface area contributed by atoms with Crippen LogP contribution in [0.4, 0.5) is 0 Å². The fraction of sp³-hybridized carbons (Fsp3) is 0.407. The van der Waals surface area contributed by atoms with Crippen LogP contribution < -0.4 is 11.4 Å². The van der Waals surface area contributed by atoms with Crippen molar-refractivity contribution in [1.82, 2.24) is 17.6 Å². The first-order chi connectivity index (χ1) is 17.1. The van der Waals surface area contributed by atoms with E-state index in [4.69, 9.17) is 0 Å². The molecule has 0 saturated carbocycles. The van der Waals surface area contributed by atoms with Gasteiger partial charge in [0.2, 0.25) is 0 Å². The first-order valence-electron chi connectivity index (χ1n) is 12.2. The zero-order valence-electron chi connectivity index (χ0n) is 22.1. The Morgan fingerprint density at radius 3 is 2.00 bits per heavy atom. The van der Waals surface area contributed by atoms with E-state index in [1.54, 1.807) is 54.7 Å². The third-order valence-electron chi connectivity index (χ3n) is 7.18. The van der Waals surface area contributed by atoms with Crippen LogP contribution >= 0.6 is 11.9 Å². The van der Waals surface area contributed by atoms with Crippen molar-refractivity contribution in [1.29, 1.82) is 0 Å². The second kappa shape index (κ2) is 8.09. The van der Waals surface area contributed by atoms with E-state index in [1.807, 2.05) is 33.8 Å². The Labute approximate surface area is 221 Å². The quantitative estimate of drug-likeness (QED) is 0.452. The van der Waals surface area contributed by atoms with Crippen LogP contribution in [0, 0.1) is 17.8 Å². The van der Waals surface area contributed by atoms with Gasteiger partial charge in [-0.2, -0.15) is 0 Å². The summed E-state index contributed by atoms with van der Waals surface area (Å²) >= 11 is 1.23. The van der Waals surface area contributed by atoms with Crippen LogP contribution in [0.1, 0.15) is 53.3 Å². The molecule has 0 radical (unpaired) electrons. The summed E-state index contributed by atoms with van der Waals surface area (Å²) in [5.74, 6) is 0. The highest BCUT2D eigenvalue weighted by Crippen LogP contribution is 2.69. The summed E-state index contributed by atoms with van der Waals surface area (Å²) in [4.78, 5) is 27.8. The molecule has 3 heterocycles. The standard InChI is InChI=1S/C27H32N4O4S2/c1-18-13-15-20(16-14-18)37(34,35)31-22-27(36-31,26(5,6)7)21(25(2,3)4)17-28-23(32)29(24(33)30(22)28)19-11-9-8-10-12-19/h8-17,22H,1-7H3/t22-,27-/m0/s1. The van der Waals surface area contributed by atoms with Gasteiger partial charge in [0.25, 0.3) is 10.0 Å². The largest absolute Gasteiger partial charge is 0.356 e. The summed E-state index contributed by atoms with van der Waals surface area (Å²) in [5.41, 5.74) is 0.293. The number of para-hydroxylation sites is 1. The minimum atomic E-state index is -4.00. The molecule has 10 heteroatoms. The molecule has 196 valence electrons. The molecule has 1 fully saturated rings. The Morgan fingerprint density at radius 2 is 1.46 bits per heavy atom. The molecule has 0 aliphatic carbocycles. The number of fused-ring (bicyclic) bond motifs is 3. The number of hydrogen-bond acceptors (Lipinski definition) is 5. The van der Waals surface area contributed by atoms with Gasteiger partial charge in [0.15, 0.2) is 6.17 Å². The highest BCUT2D eigenvalue weighted by atomic mass is 32.3. The number of benzene rings is 2. The maximum absolute atomic E-state index is 14.0. The predicted octanol–water partition coefficient (Wildman–Crippen LogP) is 4.65. The van der Waals surface area contributed by atoms with E-state index in [0.29, 0.717) is 5.69 Å². The van der Waals surface area contributed by atoms with Gasteiger partial charge in [-0.15, -0.1) is 3.71 Å². The summed E-state index contributed by atoms with van der Waals surface area (Å²) in [5, 5.41) is 0. The normalized spacial score (nSPS) is 22.1. The Bertz CT molecular complexity index is 1630. The summed E-state index contributed by atoms with van der Waals surface area (Å²) in [6.07, 6.45) is 0.807. The van der Waals surface area contributed by atoms with Crippen LogP contribution in [0.2, 0.25) is 0 Å². The molecule has 2 aromatic carbocycles. The SMILES string of the molecule is Cc1ccc(S(=O)(=O)N2S[C@@]3(C(C)(C)C)C(C(C)(C)C)=Cn4c(=O)n(-c5ccccc5)c(=O)n4[C@@H]23)cc1. The van der Waals surface area contributed by atoms with Gasteiger partial charge >= 0.3 is 11.4 Å². The van der Waals surface area contributed by atoms with Crippen molar-refractivity contribution >= 4 is 28.2 Å². The fourth-order valence-corrected chi connectivity index (χ4v) is 9.06. The van der Waals surface area contributed by atoms with Gasteiger partial charge in [-0.1, -0.05) is 77.4 Å². The van der Waals surface area contributed by atoms with Crippen LogP contribution in [-0.4, -0.2) is 30.8 Å². The lowest BCUT2D eigenvalue weighted by Gasteiger charge is -2.64. The van der Waals surface area contributed by atoms with E-state index < -0.39 is 43.1 Å². The lowest BCUT2D eigenvalue weighted by atomic mass is 9.65. The molecule has 0 amide bonds. The smallest absolute Gasteiger partial charge is 0.245 e. The van der Waals surface area contributed by atoms with E-state index in [-0.39, 0.29) is 4.90 Å². The topological polar surface area (TPSA) is 86.3 Å². The van der Waals surface area contributed by atoms with Gasteiger partial charge in [0, 0.05) is 6.20 Å². The Hall–Kier alpha value is -2.82. The molecule has 3 aromatic rings. The van der Waals surface area contributed by atoms with Crippen LogP contribution in [0.25, 0.3) is 11.9 Å². The highest BCUT2D eigenvalue weighted by molar-refractivity contribution is 8.10. The molecule has 2 aliphatic rings. The third-order valence-corrected chi connectivity index (χ3v) is 11.2. The molecule has 0 N–H and O–H groups in total. The van der Waals surface area contributed by atoms with Crippen molar-refractivity contribution < 1.29 is 8.42 Å². The van der Waals surface area contributed by atoms with Gasteiger partial charge < -0.3 is 0 Å². The number of aryl methyl sites for hydroxylation is 1. The van der Waals surface area contributed by atoms with E-state index >= 15 is 0 Å². The van der Waals surface area contributed by atoms with Crippen molar-refractivity contribution in [2.24, 2.45) is 10.8 Å². The van der Waals surface area contributed by atoms with Crippen LogP contribution in [-0.2, 0) is 10.0 Å². The molecule has 0 bridgehead atoms.